The van der Waals surface area contributed by atoms with Gasteiger partial charge in [-0.1, -0.05) is 11.6 Å². The molecular weight excluding hydrogens is 280 g/mol. The molecule has 0 saturated carbocycles. The molecule has 0 spiro atoms. The molecular formula is C15H11ClO4. The van der Waals surface area contributed by atoms with Gasteiger partial charge in [-0.2, -0.15) is 0 Å². The molecule has 0 aromatic heterocycles. The van der Waals surface area contributed by atoms with E-state index in [4.69, 9.17) is 21.4 Å². The predicted molar refractivity (Wildman–Crippen MR) is 74.7 cm³/mol. The van der Waals surface area contributed by atoms with E-state index in [0.717, 1.165) is 0 Å². The molecule has 0 fully saturated rings. The van der Waals surface area contributed by atoms with E-state index in [1.807, 2.05) is 0 Å². The first-order valence-corrected chi connectivity index (χ1v) is 6.19. The molecule has 102 valence electrons. The van der Waals surface area contributed by atoms with Crippen LogP contribution in [0, 0.1) is 0 Å². The molecule has 0 saturated heterocycles. The Morgan fingerprint density at radius 3 is 2.05 bits per heavy atom. The monoisotopic (exact) mass is 290 g/mol. The number of benzene rings is 2. The van der Waals surface area contributed by atoms with E-state index in [1.165, 1.54) is 24.3 Å². The van der Waals surface area contributed by atoms with Crippen LogP contribution in [0.25, 0.3) is 0 Å². The minimum Gasteiger partial charge on any atom is -0.485 e. The second-order valence-corrected chi connectivity index (χ2v) is 4.48. The summed E-state index contributed by atoms with van der Waals surface area (Å²) in [6, 6.07) is 12.4. The van der Waals surface area contributed by atoms with Crippen molar-refractivity contribution in [2.45, 2.75) is 0 Å². The third-order valence-electron chi connectivity index (χ3n) is 2.64. The second kappa shape index (κ2) is 6.21. The first-order valence-electron chi connectivity index (χ1n) is 5.81. The van der Waals surface area contributed by atoms with Crippen LogP contribution in [0.4, 0.5) is 0 Å². The Labute approximate surface area is 120 Å². The highest BCUT2D eigenvalue weighted by Crippen LogP contribution is 2.14. The van der Waals surface area contributed by atoms with Crippen molar-refractivity contribution in [3.63, 3.8) is 0 Å². The van der Waals surface area contributed by atoms with Crippen LogP contribution in [-0.2, 0) is 0 Å². The number of hydrogen-bond donors (Lipinski definition) is 1. The van der Waals surface area contributed by atoms with Gasteiger partial charge in [-0.25, -0.2) is 4.79 Å². The van der Waals surface area contributed by atoms with E-state index in [1.54, 1.807) is 24.3 Å². The molecule has 2 rings (SSSR count). The largest absolute Gasteiger partial charge is 0.485 e. The fraction of sp³-hybridized carbons (Fsp3) is 0.0667. The zero-order chi connectivity index (χ0) is 14.5. The Morgan fingerprint density at radius 2 is 1.50 bits per heavy atom. The molecule has 2 aromatic rings. The summed E-state index contributed by atoms with van der Waals surface area (Å²) in [5.41, 5.74) is 0.679. The van der Waals surface area contributed by atoms with E-state index in [2.05, 4.69) is 0 Å². The predicted octanol–water partition coefficient (Wildman–Crippen LogP) is 3.30. The molecule has 2 aromatic carbocycles. The maximum absolute atomic E-state index is 11.8. The lowest BCUT2D eigenvalue weighted by Gasteiger charge is -2.06. The molecule has 20 heavy (non-hydrogen) atoms. The second-order valence-electron chi connectivity index (χ2n) is 4.05. The van der Waals surface area contributed by atoms with Crippen molar-refractivity contribution in [2.24, 2.45) is 0 Å². The van der Waals surface area contributed by atoms with Gasteiger partial charge in [-0.3, -0.25) is 4.79 Å². The van der Waals surface area contributed by atoms with Gasteiger partial charge in [0.1, 0.15) is 5.75 Å². The van der Waals surface area contributed by atoms with Crippen molar-refractivity contribution in [2.75, 3.05) is 6.61 Å². The molecule has 0 radical (unpaired) electrons. The van der Waals surface area contributed by atoms with Crippen LogP contribution in [0.3, 0.4) is 0 Å². The summed E-state index contributed by atoms with van der Waals surface area (Å²) in [5.74, 6) is -0.741. The number of carbonyl (C=O) groups is 2. The summed E-state index contributed by atoms with van der Waals surface area (Å²) >= 11 is 5.74. The summed E-state index contributed by atoms with van der Waals surface area (Å²) in [6.07, 6.45) is 0. The molecule has 0 atom stereocenters. The minimum atomic E-state index is -1.01. The third kappa shape index (κ3) is 3.59. The summed E-state index contributed by atoms with van der Waals surface area (Å²) in [4.78, 5) is 22.5. The Morgan fingerprint density at radius 1 is 0.950 bits per heavy atom. The van der Waals surface area contributed by atoms with E-state index in [-0.39, 0.29) is 18.0 Å². The van der Waals surface area contributed by atoms with Crippen LogP contribution >= 0.6 is 11.6 Å². The zero-order valence-electron chi connectivity index (χ0n) is 10.4. The Balaban J connectivity index is 1.96. The van der Waals surface area contributed by atoms with Crippen molar-refractivity contribution in [3.05, 3.63) is 64.7 Å². The molecule has 1 N–H and O–H groups in total. The lowest BCUT2D eigenvalue weighted by Crippen LogP contribution is -2.11. The summed E-state index contributed by atoms with van der Waals surface area (Å²) < 4.78 is 5.31. The van der Waals surface area contributed by atoms with Gasteiger partial charge < -0.3 is 9.84 Å². The molecule has 0 aliphatic carbocycles. The number of Topliss-reactive ketones (excluding diaryl/α,β-unsaturated/α-hetero) is 1. The number of carboxylic acid groups (broad SMARTS) is 1. The highest BCUT2D eigenvalue weighted by Gasteiger charge is 2.07. The van der Waals surface area contributed by atoms with E-state index >= 15 is 0 Å². The molecule has 4 nitrogen and oxygen atoms in total. The lowest BCUT2D eigenvalue weighted by atomic mass is 10.1. The average Bonchev–Trinajstić information content (AvgIpc) is 2.46. The van der Waals surface area contributed by atoms with Crippen molar-refractivity contribution in [1.82, 2.24) is 0 Å². The average molecular weight is 291 g/mol. The molecule has 0 bridgehead atoms. The Hall–Kier alpha value is -2.33. The van der Waals surface area contributed by atoms with Gasteiger partial charge >= 0.3 is 5.97 Å². The maximum atomic E-state index is 11.8. The van der Waals surface area contributed by atoms with Crippen LogP contribution in [0.15, 0.2) is 48.5 Å². The van der Waals surface area contributed by atoms with Crippen LogP contribution in [0.1, 0.15) is 20.7 Å². The van der Waals surface area contributed by atoms with Crippen LogP contribution in [0.5, 0.6) is 5.75 Å². The third-order valence-corrected chi connectivity index (χ3v) is 2.89. The molecule has 0 heterocycles. The maximum Gasteiger partial charge on any atom is 0.335 e. The van der Waals surface area contributed by atoms with E-state index < -0.39 is 5.97 Å². The van der Waals surface area contributed by atoms with E-state index in [9.17, 15) is 9.59 Å². The Kier molecular flexibility index (Phi) is 4.38. The van der Waals surface area contributed by atoms with Crippen LogP contribution in [0.2, 0.25) is 5.02 Å². The highest BCUT2D eigenvalue weighted by molar-refractivity contribution is 6.30. The van der Waals surface area contributed by atoms with Crippen molar-refractivity contribution in [3.8, 4) is 5.75 Å². The Bertz CT molecular complexity index is 617. The van der Waals surface area contributed by atoms with Gasteiger partial charge in [0.15, 0.2) is 12.4 Å². The molecule has 0 unspecified atom stereocenters. The van der Waals surface area contributed by atoms with E-state index in [0.29, 0.717) is 16.3 Å². The number of carboxylic acids is 1. The van der Waals surface area contributed by atoms with Gasteiger partial charge in [0.05, 0.1) is 5.56 Å². The number of carbonyl (C=O) groups excluding carboxylic acids is 1. The zero-order valence-corrected chi connectivity index (χ0v) is 11.1. The highest BCUT2D eigenvalue weighted by atomic mass is 35.5. The molecule has 0 aliphatic rings. The number of halogens is 1. The number of ether oxygens (including phenoxy) is 1. The van der Waals surface area contributed by atoms with Crippen molar-refractivity contribution >= 4 is 23.4 Å². The van der Waals surface area contributed by atoms with Crippen molar-refractivity contribution < 1.29 is 19.4 Å². The quantitative estimate of drug-likeness (QED) is 0.858. The summed E-state index contributed by atoms with van der Waals surface area (Å²) in [5, 5.41) is 9.32. The molecule has 0 aliphatic heterocycles. The number of ketones is 1. The number of hydrogen-bond acceptors (Lipinski definition) is 3. The fourth-order valence-electron chi connectivity index (χ4n) is 1.56. The van der Waals surface area contributed by atoms with Gasteiger partial charge in [0.25, 0.3) is 0 Å². The van der Waals surface area contributed by atoms with Gasteiger partial charge in [-0.05, 0) is 48.5 Å². The lowest BCUT2D eigenvalue weighted by molar-refractivity contribution is 0.0696. The summed E-state index contributed by atoms with van der Waals surface area (Å²) in [6.45, 7) is -0.117. The minimum absolute atomic E-state index is 0.117. The van der Waals surface area contributed by atoms with Crippen molar-refractivity contribution in [1.29, 1.82) is 0 Å². The molecule has 0 amide bonds. The fourth-order valence-corrected chi connectivity index (χ4v) is 1.69. The number of aromatic carboxylic acids is 1. The smallest absolute Gasteiger partial charge is 0.335 e. The normalized spacial score (nSPS) is 10.1. The van der Waals surface area contributed by atoms with Gasteiger partial charge in [0, 0.05) is 10.6 Å². The standard InChI is InChI=1S/C15H11ClO4/c16-12-5-1-10(2-6-12)14(17)9-20-13-7-3-11(4-8-13)15(18)19/h1-8H,9H2,(H,18,19). The van der Waals surface area contributed by atoms with Crippen LogP contribution in [-0.4, -0.2) is 23.5 Å². The first kappa shape index (κ1) is 14.1. The van der Waals surface area contributed by atoms with Gasteiger partial charge in [-0.15, -0.1) is 0 Å². The topological polar surface area (TPSA) is 63.6 Å². The van der Waals surface area contributed by atoms with Gasteiger partial charge in [0.2, 0.25) is 0 Å². The first-order chi connectivity index (χ1) is 9.56. The summed E-state index contributed by atoms with van der Waals surface area (Å²) in [7, 11) is 0. The SMILES string of the molecule is O=C(O)c1ccc(OCC(=O)c2ccc(Cl)cc2)cc1. The number of rotatable bonds is 5. The van der Waals surface area contributed by atoms with Crippen LogP contribution < -0.4 is 4.74 Å². The molecule has 5 heteroatoms.